The zero-order valence-electron chi connectivity index (χ0n) is 13.2. The van der Waals surface area contributed by atoms with Crippen LogP contribution in [-0.4, -0.2) is 40.6 Å². The molecule has 1 rings (SSSR count). The molecule has 0 fully saturated rings. The van der Waals surface area contributed by atoms with Gasteiger partial charge in [-0.1, -0.05) is 27.2 Å². The maximum absolute atomic E-state index is 4.60. The van der Waals surface area contributed by atoms with E-state index in [0.29, 0.717) is 6.04 Å². The second-order valence-corrected chi connectivity index (χ2v) is 5.23. The molecule has 0 radical (unpaired) electrons. The Labute approximate surface area is 118 Å². The third-order valence-corrected chi connectivity index (χ3v) is 3.56. The topological polar surface area (TPSA) is 33.1 Å². The number of nitrogens with one attached hydrogen (secondary N) is 1. The molecule has 0 spiro atoms. The summed E-state index contributed by atoms with van der Waals surface area (Å²) in [6, 6.07) is 0.449. The summed E-state index contributed by atoms with van der Waals surface area (Å²) < 4.78 is 2.28. The van der Waals surface area contributed by atoms with E-state index in [1.807, 2.05) is 0 Å². The predicted molar refractivity (Wildman–Crippen MR) is 82.9 cm³/mol. The lowest BCUT2D eigenvalue weighted by molar-refractivity contribution is 0.262. The average molecular weight is 266 g/mol. The highest BCUT2D eigenvalue weighted by atomic mass is 15.2. The Morgan fingerprint density at radius 3 is 2.58 bits per heavy atom. The SMILES string of the molecule is CCCCNc1nc(C)cn1C(C)CN(CC)CC. The molecule has 19 heavy (non-hydrogen) atoms. The molecule has 0 bridgehead atoms. The molecule has 1 aromatic rings. The summed E-state index contributed by atoms with van der Waals surface area (Å²) >= 11 is 0. The van der Waals surface area contributed by atoms with Crippen LogP contribution in [0, 0.1) is 6.92 Å². The van der Waals surface area contributed by atoms with Crippen molar-refractivity contribution in [3.05, 3.63) is 11.9 Å². The molecule has 1 N–H and O–H groups in total. The minimum absolute atomic E-state index is 0.449. The van der Waals surface area contributed by atoms with Crippen molar-refractivity contribution in [1.29, 1.82) is 0 Å². The Balaban J connectivity index is 2.69. The lowest BCUT2D eigenvalue weighted by Gasteiger charge is -2.24. The number of likely N-dealkylation sites (N-methyl/N-ethyl adjacent to an activating group) is 1. The van der Waals surface area contributed by atoms with Gasteiger partial charge in [0.2, 0.25) is 5.95 Å². The molecule has 1 atom stereocenters. The number of anilines is 1. The summed E-state index contributed by atoms with van der Waals surface area (Å²) in [6.07, 6.45) is 4.56. The molecule has 0 aliphatic heterocycles. The quantitative estimate of drug-likeness (QED) is 0.696. The molecule has 0 aliphatic rings. The van der Waals surface area contributed by atoms with E-state index in [2.05, 4.69) is 60.6 Å². The fourth-order valence-corrected chi connectivity index (χ4v) is 2.30. The van der Waals surface area contributed by atoms with Crippen LogP contribution in [0.5, 0.6) is 0 Å². The summed E-state index contributed by atoms with van der Waals surface area (Å²) in [4.78, 5) is 7.05. The minimum atomic E-state index is 0.449. The van der Waals surface area contributed by atoms with Crippen LogP contribution in [0.4, 0.5) is 5.95 Å². The van der Waals surface area contributed by atoms with Crippen LogP contribution in [0.25, 0.3) is 0 Å². The first-order valence-electron chi connectivity index (χ1n) is 7.64. The number of aromatic nitrogens is 2. The van der Waals surface area contributed by atoms with Crippen molar-refractivity contribution >= 4 is 5.95 Å². The molecule has 1 aromatic heterocycles. The van der Waals surface area contributed by atoms with Crippen molar-refractivity contribution in [3.8, 4) is 0 Å². The predicted octanol–water partition coefficient (Wildman–Crippen LogP) is 3.31. The molecular formula is C15H30N4. The van der Waals surface area contributed by atoms with Gasteiger partial charge in [0.05, 0.1) is 5.69 Å². The van der Waals surface area contributed by atoms with Crippen LogP contribution in [-0.2, 0) is 0 Å². The van der Waals surface area contributed by atoms with Gasteiger partial charge in [-0.15, -0.1) is 0 Å². The van der Waals surface area contributed by atoms with Crippen molar-refractivity contribution in [2.75, 3.05) is 31.5 Å². The van der Waals surface area contributed by atoms with Crippen molar-refractivity contribution in [3.63, 3.8) is 0 Å². The van der Waals surface area contributed by atoms with E-state index in [9.17, 15) is 0 Å². The van der Waals surface area contributed by atoms with Gasteiger partial charge in [0.25, 0.3) is 0 Å². The summed E-state index contributed by atoms with van der Waals surface area (Å²) in [7, 11) is 0. The molecule has 4 heteroatoms. The second kappa shape index (κ2) is 8.20. The average Bonchev–Trinajstić information content (AvgIpc) is 2.77. The number of hydrogen-bond acceptors (Lipinski definition) is 3. The maximum Gasteiger partial charge on any atom is 0.203 e. The van der Waals surface area contributed by atoms with Gasteiger partial charge in [-0.05, 0) is 33.4 Å². The number of rotatable bonds is 9. The fourth-order valence-electron chi connectivity index (χ4n) is 2.30. The van der Waals surface area contributed by atoms with Crippen molar-refractivity contribution < 1.29 is 0 Å². The molecule has 1 heterocycles. The van der Waals surface area contributed by atoms with Gasteiger partial charge in [-0.25, -0.2) is 4.98 Å². The van der Waals surface area contributed by atoms with Crippen LogP contribution < -0.4 is 5.32 Å². The van der Waals surface area contributed by atoms with E-state index in [4.69, 9.17) is 0 Å². The highest BCUT2D eigenvalue weighted by Gasteiger charge is 2.13. The van der Waals surface area contributed by atoms with E-state index < -0.39 is 0 Å². The molecule has 0 aliphatic carbocycles. The number of aryl methyl sites for hydroxylation is 1. The van der Waals surface area contributed by atoms with Crippen LogP contribution in [0.15, 0.2) is 6.20 Å². The summed E-state index contributed by atoms with van der Waals surface area (Å²) in [5.41, 5.74) is 1.09. The molecule has 110 valence electrons. The van der Waals surface area contributed by atoms with E-state index in [1.54, 1.807) is 0 Å². The van der Waals surface area contributed by atoms with Crippen molar-refractivity contribution in [2.45, 2.75) is 53.5 Å². The van der Waals surface area contributed by atoms with Crippen LogP contribution in [0.3, 0.4) is 0 Å². The molecule has 1 unspecified atom stereocenters. The zero-order valence-corrected chi connectivity index (χ0v) is 13.2. The molecule has 0 aromatic carbocycles. The molecule has 4 nitrogen and oxygen atoms in total. The highest BCUT2D eigenvalue weighted by molar-refractivity contribution is 5.29. The van der Waals surface area contributed by atoms with Gasteiger partial charge in [0.1, 0.15) is 0 Å². The fraction of sp³-hybridized carbons (Fsp3) is 0.800. The van der Waals surface area contributed by atoms with E-state index >= 15 is 0 Å². The molecule has 0 saturated heterocycles. The van der Waals surface area contributed by atoms with Crippen molar-refractivity contribution in [2.24, 2.45) is 0 Å². The lowest BCUT2D eigenvalue weighted by Crippen LogP contribution is -2.29. The first kappa shape index (κ1) is 16.0. The van der Waals surface area contributed by atoms with Crippen LogP contribution in [0.2, 0.25) is 0 Å². The Morgan fingerprint density at radius 2 is 2.00 bits per heavy atom. The Bertz CT molecular complexity index is 355. The summed E-state index contributed by atoms with van der Waals surface area (Å²) in [6.45, 7) is 15.3. The number of nitrogens with zero attached hydrogens (tertiary/aromatic N) is 3. The Hall–Kier alpha value is -1.03. The summed E-state index contributed by atoms with van der Waals surface area (Å²) in [5, 5.41) is 3.46. The minimum Gasteiger partial charge on any atom is -0.356 e. The maximum atomic E-state index is 4.60. The number of imidazole rings is 1. The third kappa shape index (κ3) is 4.86. The van der Waals surface area contributed by atoms with Crippen LogP contribution >= 0.6 is 0 Å². The standard InChI is InChI=1S/C15H30N4/c1-6-9-10-16-15-17-13(4)11-19(15)14(5)12-18(7-2)8-3/h11,14H,6-10,12H2,1-5H3,(H,16,17). The van der Waals surface area contributed by atoms with Gasteiger partial charge in [0.15, 0.2) is 0 Å². The Morgan fingerprint density at radius 1 is 1.32 bits per heavy atom. The third-order valence-electron chi connectivity index (χ3n) is 3.56. The normalized spacial score (nSPS) is 12.9. The molecule has 0 amide bonds. The smallest absolute Gasteiger partial charge is 0.203 e. The van der Waals surface area contributed by atoms with Gasteiger partial charge in [0, 0.05) is 25.3 Å². The molecule has 0 saturated carbocycles. The van der Waals surface area contributed by atoms with E-state index in [1.165, 1.54) is 12.8 Å². The van der Waals surface area contributed by atoms with E-state index in [-0.39, 0.29) is 0 Å². The van der Waals surface area contributed by atoms with Crippen molar-refractivity contribution in [1.82, 2.24) is 14.5 Å². The summed E-state index contributed by atoms with van der Waals surface area (Å²) in [5.74, 6) is 1.02. The van der Waals surface area contributed by atoms with E-state index in [0.717, 1.165) is 37.8 Å². The lowest BCUT2D eigenvalue weighted by atomic mass is 10.3. The Kier molecular flexibility index (Phi) is 6.92. The van der Waals surface area contributed by atoms with Crippen LogP contribution in [0.1, 0.15) is 52.3 Å². The molecular weight excluding hydrogens is 236 g/mol. The first-order chi connectivity index (χ1) is 9.12. The monoisotopic (exact) mass is 266 g/mol. The highest BCUT2D eigenvalue weighted by Crippen LogP contribution is 2.17. The van der Waals surface area contributed by atoms with Gasteiger partial charge < -0.3 is 14.8 Å². The number of unbranched alkanes of at least 4 members (excludes halogenated alkanes) is 1. The second-order valence-electron chi connectivity index (χ2n) is 5.23. The van der Waals surface area contributed by atoms with Gasteiger partial charge in [-0.3, -0.25) is 0 Å². The first-order valence-corrected chi connectivity index (χ1v) is 7.64. The van der Waals surface area contributed by atoms with Gasteiger partial charge in [-0.2, -0.15) is 0 Å². The van der Waals surface area contributed by atoms with Gasteiger partial charge >= 0.3 is 0 Å². The largest absolute Gasteiger partial charge is 0.356 e. The number of hydrogen-bond donors (Lipinski definition) is 1. The zero-order chi connectivity index (χ0) is 14.3.